The molecule has 0 spiro atoms. The van der Waals surface area contributed by atoms with Gasteiger partial charge in [0.1, 0.15) is 4.83 Å². The van der Waals surface area contributed by atoms with Crippen LogP contribution in [0, 0.1) is 0 Å². The number of nitrogens with zero attached hydrogens (tertiary/aromatic N) is 4. The number of hydrogen-bond donors (Lipinski definition) is 0. The Bertz CT molecular complexity index is 1070. The van der Waals surface area contributed by atoms with Crippen molar-refractivity contribution in [1.29, 1.82) is 0 Å². The van der Waals surface area contributed by atoms with Crippen LogP contribution in [0.5, 0.6) is 0 Å². The molecular formula is C20H24N4O2S3. The molecule has 6 nitrogen and oxygen atoms in total. The maximum Gasteiger partial charge on any atom is 0.263 e. The van der Waals surface area contributed by atoms with Crippen molar-refractivity contribution < 1.29 is 4.79 Å². The number of thiophene rings is 2. The van der Waals surface area contributed by atoms with E-state index in [0.717, 1.165) is 48.0 Å². The molecule has 29 heavy (non-hydrogen) atoms. The van der Waals surface area contributed by atoms with Gasteiger partial charge in [-0.25, -0.2) is 4.98 Å². The number of hydrogen-bond acceptors (Lipinski definition) is 7. The highest BCUT2D eigenvalue weighted by Crippen LogP contribution is 2.35. The lowest BCUT2D eigenvalue weighted by molar-refractivity contribution is -0.132. The highest BCUT2D eigenvalue weighted by atomic mass is 32.2. The molecule has 0 aliphatic carbocycles. The van der Waals surface area contributed by atoms with Crippen LogP contribution in [0.1, 0.15) is 13.8 Å². The van der Waals surface area contributed by atoms with Gasteiger partial charge in [-0.3, -0.25) is 14.2 Å². The van der Waals surface area contributed by atoms with Gasteiger partial charge in [-0.1, -0.05) is 24.8 Å². The summed E-state index contributed by atoms with van der Waals surface area (Å²) in [5.41, 5.74) is 0.890. The van der Waals surface area contributed by atoms with Gasteiger partial charge in [0, 0.05) is 49.0 Å². The fourth-order valence-electron chi connectivity index (χ4n) is 3.52. The van der Waals surface area contributed by atoms with Crippen molar-refractivity contribution in [1.82, 2.24) is 19.4 Å². The normalized spacial score (nSPS) is 16.4. The predicted molar refractivity (Wildman–Crippen MR) is 122 cm³/mol. The van der Waals surface area contributed by atoms with Crippen molar-refractivity contribution in [3.63, 3.8) is 0 Å². The van der Waals surface area contributed by atoms with E-state index in [-0.39, 0.29) is 16.7 Å². The standard InChI is InChI=1S/C20H24N4O2S3/c1-4-23-7-9-24(10-8-23)18(25)13(2)29-20-21-17-16(19(26)22(20)3)14(12-28-17)15-6-5-11-27-15/h5-6,11-13H,4,7-10H2,1-3H3. The Kier molecular flexibility index (Phi) is 6.10. The number of aromatic nitrogens is 2. The Hall–Kier alpha value is -1.68. The molecule has 0 aromatic carbocycles. The molecule has 3 aromatic rings. The van der Waals surface area contributed by atoms with Gasteiger partial charge in [0.05, 0.1) is 10.6 Å². The molecule has 3 aromatic heterocycles. The summed E-state index contributed by atoms with van der Waals surface area (Å²) in [6.07, 6.45) is 0. The largest absolute Gasteiger partial charge is 0.339 e. The third kappa shape index (κ3) is 4.01. The maximum atomic E-state index is 13.1. The first-order valence-corrected chi connectivity index (χ1v) is 12.3. The van der Waals surface area contributed by atoms with Gasteiger partial charge in [-0.05, 0) is 24.9 Å². The van der Waals surface area contributed by atoms with Gasteiger partial charge >= 0.3 is 0 Å². The zero-order valence-electron chi connectivity index (χ0n) is 16.8. The number of carbonyl (C=O) groups is 1. The Morgan fingerprint density at radius 1 is 1.28 bits per heavy atom. The first-order chi connectivity index (χ1) is 14.0. The van der Waals surface area contributed by atoms with Crippen LogP contribution in [-0.2, 0) is 11.8 Å². The Balaban J connectivity index is 1.56. The lowest BCUT2D eigenvalue weighted by Crippen LogP contribution is -2.50. The smallest absolute Gasteiger partial charge is 0.263 e. The van der Waals surface area contributed by atoms with E-state index in [0.29, 0.717) is 10.5 Å². The van der Waals surface area contributed by atoms with Gasteiger partial charge in [0.15, 0.2) is 5.16 Å². The molecule has 0 radical (unpaired) electrons. The second-order valence-electron chi connectivity index (χ2n) is 7.09. The molecule has 9 heteroatoms. The van der Waals surface area contributed by atoms with Crippen LogP contribution < -0.4 is 5.56 Å². The molecule has 154 valence electrons. The number of piperazine rings is 1. The third-order valence-corrected chi connectivity index (χ3v) is 8.23. The summed E-state index contributed by atoms with van der Waals surface area (Å²) in [5, 5.41) is 4.99. The number of likely N-dealkylation sites (N-methyl/N-ethyl adjacent to an activating group) is 1. The lowest BCUT2D eigenvalue weighted by atomic mass is 10.2. The highest BCUT2D eigenvalue weighted by Gasteiger charge is 2.26. The summed E-state index contributed by atoms with van der Waals surface area (Å²) < 4.78 is 1.58. The van der Waals surface area contributed by atoms with E-state index in [4.69, 9.17) is 4.98 Å². The Morgan fingerprint density at radius 3 is 2.69 bits per heavy atom. The highest BCUT2D eigenvalue weighted by molar-refractivity contribution is 8.00. The topological polar surface area (TPSA) is 58.4 Å². The summed E-state index contributed by atoms with van der Waals surface area (Å²) in [6.45, 7) is 8.43. The van der Waals surface area contributed by atoms with E-state index >= 15 is 0 Å². The molecule has 0 N–H and O–H groups in total. The SMILES string of the molecule is CCN1CCN(C(=O)C(C)Sc2nc3scc(-c4cccs4)c3c(=O)n2C)CC1. The van der Waals surface area contributed by atoms with Crippen molar-refractivity contribution in [3.05, 3.63) is 33.2 Å². The van der Waals surface area contributed by atoms with Crippen LogP contribution in [0.25, 0.3) is 20.7 Å². The fraction of sp³-hybridized carbons (Fsp3) is 0.450. The van der Waals surface area contributed by atoms with Crippen molar-refractivity contribution in [2.45, 2.75) is 24.3 Å². The molecule has 0 bridgehead atoms. The second-order valence-corrected chi connectivity index (χ2v) is 10.2. The average Bonchev–Trinajstić information content (AvgIpc) is 3.41. The van der Waals surface area contributed by atoms with Crippen LogP contribution in [0.15, 0.2) is 32.8 Å². The van der Waals surface area contributed by atoms with Crippen LogP contribution in [0.3, 0.4) is 0 Å². The summed E-state index contributed by atoms with van der Waals surface area (Å²) in [6, 6.07) is 4.01. The number of rotatable bonds is 5. The Morgan fingerprint density at radius 2 is 2.03 bits per heavy atom. The zero-order chi connectivity index (χ0) is 20.5. The fourth-order valence-corrected chi connectivity index (χ4v) is 6.28. The van der Waals surface area contributed by atoms with Crippen molar-refractivity contribution in [2.24, 2.45) is 7.05 Å². The number of carbonyl (C=O) groups excluding carboxylic acids is 1. The number of amides is 1. The molecule has 1 amide bonds. The van der Waals surface area contributed by atoms with Gasteiger partial charge in [-0.2, -0.15) is 0 Å². The lowest BCUT2D eigenvalue weighted by Gasteiger charge is -2.35. The van der Waals surface area contributed by atoms with E-state index in [2.05, 4.69) is 11.8 Å². The minimum Gasteiger partial charge on any atom is -0.339 e. The van der Waals surface area contributed by atoms with Crippen LogP contribution in [0.2, 0.25) is 0 Å². The zero-order valence-corrected chi connectivity index (χ0v) is 19.2. The van der Waals surface area contributed by atoms with Crippen LogP contribution >= 0.6 is 34.4 Å². The van der Waals surface area contributed by atoms with E-state index in [1.54, 1.807) is 23.0 Å². The summed E-state index contributed by atoms with van der Waals surface area (Å²) in [5.74, 6) is 0.116. The van der Waals surface area contributed by atoms with Gasteiger partial charge < -0.3 is 9.80 Å². The monoisotopic (exact) mass is 448 g/mol. The van der Waals surface area contributed by atoms with Crippen molar-refractivity contribution in [2.75, 3.05) is 32.7 Å². The number of thioether (sulfide) groups is 1. The van der Waals surface area contributed by atoms with Crippen LogP contribution in [-0.4, -0.2) is 63.2 Å². The van der Waals surface area contributed by atoms with Crippen molar-refractivity contribution >= 4 is 50.6 Å². The molecule has 0 saturated carbocycles. The van der Waals surface area contributed by atoms with E-state index in [1.807, 2.05) is 34.7 Å². The van der Waals surface area contributed by atoms with Gasteiger partial charge in [0.25, 0.3) is 5.56 Å². The van der Waals surface area contributed by atoms with Gasteiger partial charge in [0.2, 0.25) is 5.91 Å². The molecule has 1 fully saturated rings. The minimum absolute atomic E-state index is 0.0571. The molecule has 4 rings (SSSR count). The van der Waals surface area contributed by atoms with E-state index < -0.39 is 0 Å². The van der Waals surface area contributed by atoms with Crippen LogP contribution in [0.4, 0.5) is 0 Å². The molecule has 4 heterocycles. The maximum absolute atomic E-state index is 13.1. The quantitative estimate of drug-likeness (QED) is 0.442. The predicted octanol–water partition coefficient (Wildman–Crippen LogP) is 3.37. The summed E-state index contributed by atoms with van der Waals surface area (Å²) in [7, 11) is 1.74. The molecule has 1 saturated heterocycles. The van der Waals surface area contributed by atoms with Gasteiger partial charge in [-0.15, -0.1) is 22.7 Å². The third-order valence-electron chi connectivity index (χ3n) is 5.32. The number of fused-ring (bicyclic) bond motifs is 1. The molecule has 1 aliphatic rings. The Labute approximate surface area is 182 Å². The molecular weight excluding hydrogens is 424 g/mol. The second kappa shape index (κ2) is 8.59. The van der Waals surface area contributed by atoms with Crippen molar-refractivity contribution in [3.8, 4) is 10.4 Å². The average molecular weight is 449 g/mol. The van der Waals surface area contributed by atoms with E-state index in [1.165, 1.54) is 23.1 Å². The molecule has 1 unspecified atom stereocenters. The first-order valence-electron chi connectivity index (χ1n) is 9.69. The minimum atomic E-state index is -0.282. The summed E-state index contributed by atoms with van der Waals surface area (Å²) >= 11 is 4.47. The van der Waals surface area contributed by atoms with E-state index in [9.17, 15) is 9.59 Å². The summed E-state index contributed by atoms with van der Waals surface area (Å²) in [4.78, 5) is 36.8. The molecule has 1 atom stereocenters. The molecule has 1 aliphatic heterocycles. The first kappa shape index (κ1) is 20.6.